The summed E-state index contributed by atoms with van der Waals surface area (Å²) in [5.74, 6) is -6.32. The van der Waals surface area contributed by atoms with Crippen LogP contribution in [0.15, 0.2) is 99.9 Å². The van der Waals surface area contributed by atoms with Gasteiger partial charge in [0.15, 0.2) is 17.8 Å². The molecule has 34 heteroatoms. The van der Waals surface area contributed by atoms with E-state index < -0.39 is 84.5 Å². The number of Topliss-reactive ketones (excluding diaryl/α,β-unsaturated/α-hetero) is 1. The molecule has 2 aromatic carbocycles. The number of cyclic esters (lactones) is 1. The molecule has 5 aliphatic rings. The van der Waals surface area contributed by atoms with Gasteiger partial charge in [0.25, 0.3) is 23.6 Å². The number of amides is 3. The summed E-state index contributed by atoms with van der Waals surface area (Å²) in [4.78, 5) is 91.9. The molecule has 8 N–H and O–H groups in total. The van der Waals surface area contributed by atoms with Crippen LogP contribution >= 0.6 is 0 Å². The number of nitrogens with one attached hydrogen (secondary N) is 1. The second-order valence-corrected chi connectivity index (χ2v) is 34.4. The third-order valence-corrected chi connectivity index (χ3v) is 24.7. The van der Waals surface area contributed by atoms with Crippen molar-refractivity contribution < 1.29 is 110 Å². The van der Waals surface area contributed by atoms with Gasteiger partial charge in [0.1, 0.15) is 47.7 Å². The lowest BCUT2D eigenvalue weighted by Gasteiger charge is -2.42. The van der Waals surface area contributed by atoms with Crippen molar-refractivity contribution >= 4 is 69.2 Å². The monoisotopic (exact) mass is 1790 g/mol. The Kier molecular flexibility index (Phi) is 41.6. The number of hydrogen-bond acceptors (Lipinski definition) is 30. The first kappa shape index (κ1) is 102. The van der Waals surface area contributed by atoms with Gasteiger partial charge in [-0.15, -0.1) is 0 Å². The zero-order chi connectivity index (χ0) is 91.5. The maximum Gasteiger partial charge on any atom is 0.329 e. The van der Waals surface area contributed by atoms with Crippen LogP contribution in [0.5, 0.6) is 0 Å². The molecule has 1 aliphatic carbocycles. The smallest absolute Gasteiger partial charge is 0.329 e. The highest BCUT2D eigenvalue weighted by Gasteiger charge is 2.53. The Morgan fingerprint density at radius 3 is 2.08 bits per heavy atom. The van der Waals surface area contributed by atoms with Crippen LogP contribution in [0.4, 0.5) is 11.8 Å². The van der Waals surface area contributed by atoms with Crippen molar-refractivity contribution in [3.05, 3.63) is 107 Å². The van der Waals surface area contributed by atoms with Gasteiger partial charge >= 0.3 is 5.97 Å². The molecule has 2 bridgehead atoms. The number of nitrogens with zero attached hydrogens (tertiary/aromatic N) is 8. The number of nitrogens with two attached hydrogens (primary N) is 2. The molecule has 4 aliphatic heterocycles. The summed E-state index contributed by atoms with van der Waals surface area (Å²) in [6, 6.07) is 10.9. The van der Waals surface area contributed by atoms with Crippen molar-refractivity contribution in [3.63, 3.8) is 0 Å². The standard InChI is InChI=1S/C94H139N11O23/c1-61-16-12-11-13-17-63(3)79(114-8)56-73-25-20-67(7)94(113,128-73)88(110)91(111)104-32-15-14-18-75(104)92(112)126-77(64(4)52-68-22-26-76(106)80(54-68)115-9)27-19-62(2)51-66(6)86(109)87(116-10)84(65(5)50-61)102-125-59-81(107)97-31-35-118-37-39-120-41-43-122-45-47-124-49-48-123-46-44-121-42-40-119-38-36-117-34-30-82(108)103-33-29-70-53-69(21-23-72(70)58-103)57-105-90-83(89(95)98-60-99-90)85(101-105)71-24-28-78-74(55-71)100-93(96)127-78/h11-13,16-17,21,23-24,28,51,53,55,60-62,64-65,67-68,73,75-77,79-80,86-87,106,109,113H,14-15,18-20,22,25-27,29-50,52,54,56-59H2,1-10H3,(H2,96,100)(H,97,107)(H2,95,98,99)/b13-11+,16-12+,63-17+,66-51+,102-84+/t61-,62+,64-,65-,67-,68+,73+,75+,76-,77+,79+,80-,86-,87+,94-/m1/s1. The maximum absolute atomic E-state index is 14.7. The van der Waals surface area contributed by atoms with E-state index in [4.69, 9.17) is 87.4 Å². The molecule has 128 heavy (non-hydrogen) atoms. The molecule has 10 rings (SSSR count). The van der Waals surface area contributed by atoms with Gasteiger partial charge in [-0.05, 0) is 167 Å². The number of carbonyl (C=O) groups excluding carboxylic acids is 5. The normalized spacial score (nSPS) is 27.2. The third-order valence-electron chi connectivity index (χ3n) is 24.7. The number of ketones is 1. The molecule has 3 fully saturated rings. The number of allylic oxidation sites excluding steroid dienone is 6. The van der Waals surface area contributed by atoms with Gasteiger partial charge in [0.05, 0.1) is 154 Å². The molecule has 15 atom stereocenters. The highest BCUT2D eigenvalue weighted by Crippen LogP contribution is 2.40. The summed E-state index contributed by atoms with van der Waals surface area (Å²) in [6.07, 6.45) is 16.4. The molecular formula is C94H139N11O23. The van der Waals surface area contributed by atoms with E-state index >= 15 is 0 Å². The number of oxazole rings is 1. The van der Waals surface area contributed by atoms with E-state index in [1.807, 2.05) is 79.8 Å². The average molecular weight is 1790 g/mol. The number of carbonyl (C=O) groups is 5. The van der Waals surface area contributed by atoms with Crippen LogP contribution in [0.2, 0.25) is 0 Å². The van der Waals surface area contributed by atoms with E-state index in [9.17, 15) is 39.3 Å². The van der Waals surface area contributed by atoms with Crippen molar-refractivity contribution in [3.8, 4) is 11.3 Å². The van der Waals surface area contributed by atoms with Crippen molar-refractivity contribution in [1.29, 1.82) is 0 Å². The number of fused-ring (bicyclic) bond motifs is 6. The largest absolute Gasteiger partial charge is 0.461 e. The van der Waals surface area contributed by atoms with Crippen LogP contribution in [0, 0.1) is 35.5 Å². The lowest BCUT2D eigenvalue weighted by molar-refractivity contribution is -0.265. The van der Waals surface area contributed by atoms with E-state index in [-0.39, 0.29) is 80.2 Å². The predicted molar refractivity (Wildman–Crippen MR) is 479 cm³/mol. The number of ether oxygens (including phenoxy) is 13. The summed E-state index contributed by atoms with van der Waals surface area (Å²) >= 11 is 0. The Morgan fingerprint density at radius 1 is 0.711 bits per heavy atom. The van der Waals surface area contributed by atoms with E-state index in [1.54, 1.807) is 27.2 Å². The summed E-state index contributed by atoms with van der Waals surface area (Å²) in [7, 11) is 4.69. The number of hydrogen-bond donors (Lipinski definition) is 6. The fourth-order valence-electron chi connectivity index (χ4n) is 17.4. The Morgan fingerprint density at radius 2 is 1.40 bits per heavy atom. The SMILES string of the molecule is CO[C@H]1C[C@@H]2CC[C@@H](C)[C@@](O)(O2)C(=O)C(=O)N2CCCC[C@H]2C(=O)O[C@H]([C@H](C)C[C@@H]2CC[C@@H](O)[C@H](OC)C2)CC[C@H](C)/C=C(\C)[C@@H](O)[C@@H](OC)/C(=N/OCC(=O)NCCOCCOCCOCCOCCOCCOCCOCCOCCC(=O)N2CCc3cc(Cn4nc(-c5ccc6oc(N)nc6c5)c5c(N)ncnc54)ccc3C2)[C@H](C)C[C@H](C)/C=C/C=C/C=C/1C. The molecular weight excluding hydrogens is 1650 g/mol. The quantitative estimate of drug-likeness (QED) is 0.00701. The number of aromatic nitrogens is 5. The average Bonchev–Trinajstić information content (AvgIpc) is 1.50. The maximum atomic E-state index is 14.7. The number of rotatable bonds is 39. The number of nitrogen functional groups attached to an aromatic ring is 2. The highest BCUT2D eigenvalue weighted by molar-refractivity contribution is 6.39. The van der Waals surface area contributed by atoms with Crippen LogP contribution in [0.1, 0.15) is 155 Å². The minimum atomic E-state index is -2.42. The van der Waals surface area contributed by atoms with Crippen molar-refractivity contribution in [1.82, 2.24) is 39.8 Å². The molecule has 1 saturated carbocycles. The van der Waals surface area contributed by atoms with Crippen molar-refractivity contribution in [2.75, 3.05) is 165 Å². The zero-order valence-corrected chi connectivity index (χ0v) is 76.5. The van der Waals surface area contributed by atoms with E-state index in [0.29, 0.717) is 234 Å². The molecule has 0 unspecified atom stereocenters. The number of anilines is 2. The van der Waals surface area contributed by atoms with Gasteiger partial charge in [0, 0.05) is 71.3 Å². The van der Waals surface area contributed by atoms with E-state index in [2.05, 4.69) is 63.5 Å². The fourth-order valence-corrected chi connectivity index (χ4v) is 17.4. The Balaban J connectivity index is 0.574. The summed E-state index contributed by atoms with van der Waals surface area (Å²) in [6.45, 7) is 21.0. The van der Waals surface area contributed by atoms with Crippen LogP contribution < -0.4 is 16.8 Å². The van der Waals surface area contributed by atoms with Crippen LogP contribution in [-0.4, -0.2) is 293 Å². The predicted octanol–water partition coefficient (Wildman–Crippen LogP) is 9.19. The first-order valence-corrected chi connectivity index (χ1v) is 45.6. The molecule has 3 amide bonds. The van der Waals surface area contributed by atoms with E-state index in [1.165, 1.54) is 23.9 Å². The Bertz CT molecular complexity index is 4480. The molecule has 5 aromatic rings. The van der Waals surface area contributed by atoms with Crippen LogP contribution in [0.3, 0.4) is 0 Å². The van der Waals surface area contributed by atoms with Gasteiger partial charge in [-0.3, -0.25) is 19.2 Å². The lowest BCUT2D eigenvalue weighted by atomic mass is 9.78. The molecule has 34 nitrogen and oxygen atoms in total. The topological polar surface area (TPSA) is 428 Å². The number of benzene rings is 2. The zero-order valence-electron chi connectivity index (χ0n) is 76.5. The summed E-state index contributed by atoms with van der Waals surface area (Å²) < 4.78 is 83.0. The molecule has 0 radical (unpaired) electrons. The molecule has 7 heterocycles. The highest BCUT2D eigenvalue weighted by atomic mass is 16.6. The van der Waals surface area contributed by atoms with Gasteiger partial charge in [-0.2, -0.15) is 10.1 Å². The molecule has 708 valence electrons. The number of aliphatic hydroxyl groups excluding tert-OH is 2. The second kappa shape index (κ2) is 52.5. The molecule has 2 saturated heterocycles. The first-order chi connectivity index (χ1) is 61.9. The molecule has 0 spiro atoms. The minimum absolute atomic E-state index is 0.00226. The second-order valence-electron chi connectivity index (χ2n) is 34.4. The van der Waals surface area contributed by atoms with Gasteiger partial charge in [-0.1, -0.05) is 94.4 Å². The first-order valence-electron chi connectivity index (χ1n) is 45.6. The number of esters is 1. The summed E-state index contributed by atoms with van der Waals surface area (Å²) in [5, 5.41) is 48.0. The van der Waals surface area contributed by atoms with Crippen LogP contribution in [0.25, 0.3) is 33.4 Å². The Hall–Kier alpha value is -8.56. The van der Waals surface area contributed by atoms with Crippen molar-refractivity contribution in [2.24, 2.45) is 40.7 Å². The molecule has 3 aromatic heterocycles. The van der Waals surface area contributed by atoms with Gasteiger partial charge in [-0.25, -0.2) is 19.4 Å². The fraction of sp³-hybridized carbons (Fsp3) is 0.660. The van der Waals surface area contributed by atoms with Crippen LogP contribution in [-0.2, 0) is 110 Å². The van der Waals surface area contributed by atoms with E-state index in [0.717, 1.165) is 35.1 Å². The number of oxime groups is 1. The summed E-state index contributed by atoms with van der Waals surface area (Å²) in [5.41, 5.74) is 20.6. The Labute approximate surface area is 751 Å². The number of piperidine rings is 1. The third kappa shape index (κ3) is 30.2. The lowest BCUT2D eigenvalue weighted by Crippen LogP contribution is -2.61. The number of aliphatic hydroxyl groups is 3. The minimum Gasteiger partial charge on any atom is -0.461 e. The van der Waals surface area contributed by atoms with Gasteiger partial charge in [0.2, 0.25) is 11.7 Å². The van der Waals surface area contributed by atoms with Crippen molar-refractivity contribution in [2.45, 2.75) is 212 Å². The number of methoxy groups -OCH3 is 3. The van der Waals surface area contributed by atoms with Gasteiger partial charge < -0.3 is 113 Å².